The molecule has 2 rings (SSSR count). The average molecular weight is 286 g/mol. The first-order valence-corrected chi connectivity index (χ1v) is 6.85. The van der Waals surface area contributed by atoms with E-state index in [1.165, 1.54) is 0 Å². The molecule has 0 saturated carbocycles. The van der Waals surface area contributed by atoms with Gasteiger partial charge in [0.25, 0.3) is 5.91 Å². The van der Waals surface area contributed by atoms with Gasteiger partial charge in [0.05, 0.1) is 0 Å². The number of rotatable bonds is 6. The standard InChI is InChI=1S/C15H18N4O2/c1-2-13(20)16-6-9-19-15(21)12-5-3-4-11(10-12)14-17-7-8-18-14/h3-5,7-8,10H,2,6,9H2,1H3,(H,16,20)(H,17,18)(H,19,21). The van der Waals surface area contributed by atoms with Gasteiger partial charge < -0.3 is 15.6 Å². The molecule has 0 unspecified atom stereocenters. The molecular weight excluding hydrogens is 268 g/mol. The van der Waals surface area contributed by atoms with E-state index in [-0.39, 0.29) is 11.8 Å². The summed E-state index contributed by atoms with van der Waals surface area (Å²) in [5.41, 5.74) is 1.41. The van der Waals surface area contributed by atoms with Gasteiger partial charge in [0.1, 0.15) is 5.82 Å². The number of amides is 2. The maximum Gasteiger partial charge on any atom is 0.251 e. The molecule has 0 fully saturated rings. The molecule has 0 saturated heterocycles. The molecule has 1 heterocycles. The Morgan fingerprint density at radius 3 is 2.76 bits per heavy atom. The SMILES string of the molecule is CCC(=O)NCCNC(=O)c1cccc(-c2ncc[nH]2)c1. The Bertz CT molecular complexity index is 608. The second-order valence-electron chi connectivity index (χ2n) is 4.48. The van der Waals surface area contributed by atoms with Gasteiger partial charge in [-0.1, -0.05) is 19.1 Å². The third-order valence-corrected chi connectivity index (χ3v) is 2.95. The van der Waals surface area contributed by atoms with Gasteiger partial charge >= 0.3 is 0 Å². The van der Waals surface area contributed by atoms with Gasteiger partial charge in [-0.3, -0.25) is 9.59 Å². The van der Waals surface area contributed by atoms with Crippen LogP contribution in [0.1, 0.15) is 23.7 Å². The highest BCUT2D eigenvalue weighted by atomic mass is 16.2. The number of imidazole rings is 1. The van der Waals surface area contributed by atoms with Crippen LogP contribution in [0.3, 0.4) is 0 Å². The van der Waals surface area contributed by atoms with Crippen LogP contribution in [0, 0.1) is 0 Å². The smallest absolute Gasteiger partial charge is 0.251 e. The van der Waals surface area contributed by atoms with E-state index in [4.69, 9.17) is 0 Å². The van der Waals surface area contributed by atoms with E-state index in [1.807, 2.05) is 12.1 Å². The van der Waals surface area contributed by atoms with E-state index < -0.39 is 0 Å². The minimum absolute atomic E-state index is 0.0240. The molecule has 3 N–H and O–H groups in total. The Balaban J connectivity index is 1.91. The molecule has 110 valence electrons. The third kappa shape index (κ3) is 4.17. The van der Waals surface area contributed by atoms with Crippen LogP contribution < -0.4 is 10.6 Å². The largest absolute Gasteiger partial charge is 0.354 e. The number of carbonyl (C=O) groups is 2. The zero-order chi connectivity index (χ0) is 15.1. The molecule has 2 amide bonds. The molecule has 0 aliphatic heterocycles. The number of hydrogen-bond acceptors (Lipinski definition) is 3. The van der Waals surface area contributed by atoms with Crippen molar-refractivity contribution in [3.8, 4) is 11.4 Å². The number of H-pyrrole nitrogens is 1. The van der Waals surface area contributed by atoms with Crippen LogP contribution in [0.5, 0.6) is 0 Å². The van der Waals surface area contributed by atoms with E-state index in [9.17, 15) is 9.59 Å². The lowest BCUT2D eigenvalue weighted by Crippen LogP contribution is -2.34. The summed E-state index contributed by atoms with van der Waals surface area (Å²) in [6.45, 7) is 2.61. The summed E-state index contributed by atoms with van der Waals surface area (Å²) in [4.78, 5) is 30.3. The minimum atomic E-state index is -0.172. The van der Waals surface area contributed by atoms with Crippen LogP contribution >= 0.6 is 0 Å². The fourth-order valence-corrected chi connectivity index (χ4v) is 1.84. The Kier molecular flexibility index (Phi) is 5.09. The fourth-order valence-electron chi connectivity index (χ4n) is 1.84. The van der Waals surface area contributed by atoms with Gasteiger partial charge in [-0.05, 0) is 12.1 Å². The average Bonchev–Trinajstić information content (AvgIpc) is 3.05. The Labute approximate surface area is 123 Å². The topological polar surface area (TPSA) is 86.9 Å². The summed E-state index contributed by atoms with van der Waals surface area (Å²) in [6.07, 6.45) is 3.84. The van der Waals surface area contributed by atoms with Crippen molar-refractivity contribution in [2.75, 3.05) is 13.1 Å². The summed E-state index contributed by atoms with van der Waals surface area (Å²) in [5.74, 6) is 0.526. The zero-order valence-electron chi connectivity index (χ0n) is 11.8. The van der Waals surface area contributed by atoms with Gasteiger partial charge in [-0.2, -0.15) is 0 Å². The van der Waals surface area contributed by atoms with Crippen molar-refractivity contribution in [2.45, 2.75) is 13.3 Å². The summed E-state index contributed by atoms with van der Waals surface area (Å²) in [7, 11) is 0. The molecule has 0 aliphatic rings. The third-order valence-electron chi connectivity index (χ3n) is 2.95. The van der Waals surface area contributed by atoms with Crippen LogP contribution in [-0.2, 0) is 4.79 Å². The van der Waals surface area contributed by atoms with Crippen LogP contribution in [-0.4, -0.2) is 34.9 Å². The van der Waals surface area contributed by atoms with Crippen molar-refractivity contribution in [3.05, 3.63) is 42.2 Å². The summed E-state index contributed by atoms with van der Waals surface area (Å²) in [5, 5.41) is 5.47. The molecule has 0 radical (unpaired) electrons. The maximum absolute atomic E-state index is 12.0. The van der Waals surface area contributed by atoms with Crippen molar-refractivity contribution >= 4 is 11.8 Å². The number of aromatic amines is 1. The van der Waals surface area contributed by atoms with Gasteiger partial charge in [-0.25, -0.2) is 4.98 Å². The second kappa shape index (κ2) is 7.23. The minimum Gasteiger partial charge on any atom is -0.354 e. The first kappa shape index (κ1) is 14.8. The van der Waals surface area contributed by atoms with Crippen molar-refractivity contribution in [1.82, 2.24) is 20.6 Å². The van der Waals surface area contributed by atoms with Crippen molar-refractivity contribution in [2.24, 2.45) is 0 Å². The molecule has 0 bridgehead atoms. The van der Waals surface area contributed by atoms with Crippen LogP contribution in [0.25, 0.3) is 11.4 Å². The summed E-state index contributed by atoms with van der Waals surface area (Å²) >= 11 is 0. The number of aromatic nitrogens is 2. The Morgan fingerprint density at radius 2 is 2.05 bits per heavy atom. The lowest BCUT2D eigenvalue weighted by Gasteiger charge is -2.07. The lowest BCUT2D eigenvalue weighted by atomic mass is 10.1. The van der Waals surface area contributed by atoms with E-state index in [1.54, 1.807) is 31.5 Å². The first-order valence-electron chi connectivity index (χ1n) is 6.85. The van der Waals surface area contributed by atoms with Gasteiger partial charge in [0.15, 0.2) is 0 Å². The molecular formula is C15H18N4O2. The molecule has 6 nitrogen and oxygen atoms in total. The second-order valence-corrected chi connectivity index (χ2v) is 4.48. The van der Waals surface area contributed by atoms with Crippen molar-refractivity contribution < 1.29 is 9.59 Å². The summed E-state index contributed by atoms with van der Waals surface area (Å²) in [6, 6.07) is 7.22. The highest BCUT2D eigenvalue weighted by Crippen LogP contribution is 2.15. The molecule has 6 heteroatoms. The monoisotopic (exact) mass is 286 g/mol. The van der Waals surface area contributed by atoms with E-state index >= 15 is 0 Å². The molecule has 0 spiro atoms. The van der Waals surface area contributed by atoms with Crippen LogP contribution in [0.4, 0.5) is 0 Å². The predicted molar refractivity (Wildman–Crippen MR) is 79.7 cm³/mol. The quantitative estimate of drug-likeness (QED) is 0.700. The first-order chi connectivity index (χ1) is 10.2. The number of nitrogens with one attached hydrogen (secondary N) is 3. The van der Waals surface area contributed by atoms with E-state index in [2.05, 4.69) is 20.6 Å². The number of hydrogen-bond donors (Lipinski definition) is 3. The molecule has 21 heavy (non-hydrogen) atoms. The molecule has 2 aromatic rings. The van der Waals surface area contributed by atoms with Crippen LogP contribution in [0.2, 0.25) is 0 Å². The molecule has 1 aromatic carbocycles. The highest BCUT2D eigenvalue weighted by molar-refractivity contribution is 5.95. The van der Waals surface area contributed by atoms with Gasteiger partial charge in [0.2, 0.25) is 5.91 Å². The number of carbonyl (C=O) groups excluding carboxylic acids is 2. The maximum atomic E-state index is 12.0. The van der Waals surface area contributed by atoms with Crippen molar-refractivity contribution in [1.29, 1.82) is 0 Å². The zero-order valence-corrected chi connectivity index (χ0v) is 11.8. The van der Waals surface area contributed by atoms with E-state index in [0.717, 1.165) is 11.4 Å². The lowest BCUT2D eigenvalue weighted by molar-refractivity contribution is -0.120. The molecule has 1 aromatic heterocycles. The number of benzene rings is 1. The molecule has 0 atom stereocenters. The Hall–Kier alpha value is -2.63. The number of nitrogens with zero attached hydrogens (tertiary/aromatic N) is 1. The summed E-state index contributed by atoms with van der Waals surface area (Å²) < 4.78 is 0. The van der Waals surface area contributed by atoms with E-state index in [0.29, 0.717) is 25.1 Å². The van der Waals surface area contributed by atoms with Gasteiger partial charge in [-0.15, -0.1) is 0 Å². The predicted octanol–water partition coefficient (Wildman–Crippen LogP) is 1.33. The van der Waals surface area contributed by atoms with Crippen LogP contribution in [0.15, 0.2) is 36.7 Å². The van der Waals surface area contributed by atoms with Gasteiger partial charge in [0, 0.05) is 43.0 Å². The normalized spacial score (nSPS) is 10.1. The fraction of sp³-hybridized carbons (Fsp3) is 0.267. The highest BCUT2D eigenvalue weighted by Gasteiger charge is 2.07. The molecule has 0 aliphatic carbocycles. The van der Waals surface area contributed by atoms with Crippen molar-refractivity contribution in [3.63, 3.8) is 0 Å². The Morgan fingerprint density at radius 1 is 1.24 bits per heavy atom.